The minimum atomic E-state index is -0.303. The molecule has 0 bridgehead atoms. The van der Waals surface area contributed by atoms with Gasteiger partial charge in [0, 0.05) is 19.4 Å². The predicted molar refractivity (Wildman–Crippen MR) is 76.0 cm³/mol. The molecule has 19 heavy (non-hydrogen) atoms. The Hall–Kier alpha value is -0.810. The minimum absolute atomic E-state index is 0.0598. The molecular weight excluding hydrogens is 242 g/mol. The van der Waals surface area contributed by atoms with E-state index in [1.165, 1.54) is 19.3 Å². The van der Waals surface area contributed by atoms with Gasteiger partial charge in [-0.2, -0.15) is 0 Å². The maximum absolute atomic E-state index is 6.05. The Labute approximate surface area is 115 Å². The molecule has 1 aliphatic heterocycles. The summed E-state index contributed by atoms with van der Waals surface area (Å²) in [6.07, 6.45) is 8.09. The van der Waals surface area contributed by atoms with Crippen molar-refractivity contribution >= 4 is 5.96 Å². The summed E-state index contributed by atoms with van der Waals surface area (Å²) in [7, 11) is 0. The monoisotopic (exact) mass is 269 g/mol. The van der Waals surface area contributed by atoms with Crippen molar-refractivity contribution in [3.8, 4) is 0 Å². The zero-order valence-electron chi connectivity index (χ0n) is 12.0. The van der Waals surface area contributed by atoms with Crippen LogP contribution in [-0.4, -0.2) is 37.5 Å². The maximum atomic E-state index is 6.05. The first-order valence-corrected chi connectivity index (χ1v) is 7.60. The highest BCUT2D eigenvalue weighted by Crippen LogP contribution is 2.37. The van der Waals surface area contributed by atoms with Gasteiger partial charge in [-0.1, -0.05) is 19.8 Å². The fourth-order valence-electron chi connectivity index (χ4n) is 2.71. The molecule has 0 aromatic carbocycles. The van der Waals surface area contributed by atoms with Crippen LogP contribution >= 0.6 is 0 Å². The van der Waals surface area contributed by atoms with Gasteiger partial charge in [-0.25, -0.2) is 0 Å². The van der Waals surface area contributed by atoms with Crippen LogP contribution in [0.5, 0.6) is 0 Å². The molecule has 1 spiro atoms. The van der Waals surface area contributed by atoms with E-state index < -0.39 is 0 Å². The molecule has 0 aromatic heterocycles. The number of rotatable bonds is 5. The van der Waals surface area contributed by atoms with Gasteiger partial charge in [0.2, 0.25) is 0 Å². The molecule has 3 N–H and O–H groups in total. The first kappa shape index (κ1) is 14.6. The van der Waals surface area contributed by atoms with Crippen molar-refractivity contribution in [1.29, 1.82) is 0 Å². The van der Waals surface area contributed by atoms with Crippen molar-refractivity contribution in [1.82, 2.24) is 5.32 Å². The third-order valence-electron chi connectivity index (χ3n) is 3.83. The second kappa shape index (κ2) is 7.10. The van der Waals surface area contributed by atoms with Crippen LogP contribution in [0, 0.1) is 0 Å². The quantitative estimate of drug-likeness (QED) is 0.453. The summed E-state index contributed by atoms with van der Waals surface area (Å²) in [6.45, 7) is 4.28. The second-order valence-corrected chi connectivity index (χ2v) is 5.53. The third-order valence-corrected chi connectivity index (χ3v) is 3.83. The van der Waals surface area contributed by atoms with Crippen LogP contribution in [-0.2, 0) is 9.47 Å². The molecule has 1 unspecified atom stereocenters. The van der Waals surface area contributed by atoms with Gasteiger partial charge in [0.05, 0.1) is 13.2 Å². The predicted octanol–water partition coefficient (Wildman–Crippen LogP) is 1.77. The molecule has 1 heterocycles. The molecule has 0 aromatic rings. The highest BCUT2D eigenvalue weighted by atomic mass is 16.7. The van der Waals surface area contributed by atoms with Crippen LogP contribution in [0.2, 0.25) is 0 Å². The van der Waals surface area contributed by atoms with Crippen molar-refractivity contribution in [2.45, 2.75) is 63.8 Å². The smallest absolute Gasteiger partial charge is 0.188 e. The van der Waals surface area contributed by atoms with E-state index in [-0.39, 0.29) is 11.9 Å². The Morgan fingerprint density at radius 3 is 2.89 bits per heavy atom. The summed E-state index contributed by atoms with van der Waals surface area (Å²) in [5.74, 6) is 0.213. The largest absolute Gasteiger partial charge is 0.370 e. The van der Waals surface area contributed by atoms with E-state index in [0.717, 1.165) is 32.2 Å². The van der Waals surface area contributed by atoms with E-state index in [4.69, 9.17) is 15.2 Å². The summed E-state index contributed by atoms with van der Waals surface area (Å²) in [5.41, 5.74) is 5.81. The van der Waals surface area contributed by atoms with Crippen molar-refractivity contribution in [2.75, 3.05) is 19.7 Å². The van der Waals surface area contributed by atoms with E-state index in [1.807, 2.05) is 0 Å². The Balaban J connectivity index is 1.71. The first-order valence-electron chi connectivity index (χ1n) is 7.60. The number of guanidine groups is 1. The van der Waals surface area contributed by atoms with Crippen molar-refractivity contribution in [3.05, 3.63) is 0 Å². The van der Waals surface area contributed by atoms with Gasteiger partial charge in [0.25, 0.3) is 0 Å². The lowest BCUT2D eigenvalue weighted by molar-refractivity contribution is -0.186. The normalized spacial score (nSPS) is 26.8. The van der Waals surface area contributed by atoms with Crippen LogP contribution in [0.15, 0.2) is 4.99 Å². The fourth-order valence-corrected chi connectivity index (χ4v) is 2.71. The number of nitrogens with one attached hydrogen (secondary N) is 1. The average Bonchev–Trinajstić information content (AvgIpc) is 2.81. The summed E-state index contributed by atoms with van der Waals surface area (Å²) in [5, 5.41) is 3.11. The highest BCUT2D eigenvalue weighted by Gasteiger charge is 2.41. The van der Waals surface area contributed by atoms with E-state index in [1.54, 1.807) is 0 Å². The van der Waals surface area contributed by atoms with Gasteiger partial charge >= 0.3 is 0 Å². The number of nitrogens with two attached hydrogens (primary N) is 1. The summed E-state index contributed by atoms with van der Waals surface area (Å²) >= 11 is 0. The van der Waals surface area contributed by atoms with E-state index >= 15 is 0 Å². The Morgan fingerprint density at radius 1 is 1.37 bits per heavy atom. The SMILES string of the molecule is CCCCNC(N)=NCC1COC2(CCCCC2)O1. The molecule has 5 nitrogen and oxygen atoms in total. The molecule has 1 atom stereocenters. The number of hydrogen-bond acceptors (Lipinski definition) is 3. The van der Waals surface area contributed by atoms with Crippen LogP contribution in [0.3, 0.4) is 0 Å². The molecule has 0 amide bonds. The zero-order chi connectivity index (χ0) is 13.6. The molecule has 5 heteroatoms. The molecule has 1 aliphatic carbocycles. The minimum Gasteiger partial charge on any atom is -0.370 e. The standard InChI is InChI=1S/C14H27N3O2/c1-2-3-9-16-13(15)17-10-12-11-18-14(19-12)7-5-4-6-8-14/h12H,2-11H2,1H3,(H3,15,16,17). The topological polar surface area (TPSA) is 68.9 Å². The van der Waals surface area contributed by atoms with Crippen LogP contribution in [0.4, 0.5) is 0 Å². The van der Waals surface area contributed by atoms with E-state index in [2.05, 4.69) is 17.2 Å². The summed E-state index contributed by atoms with van der Waals surface area (Å²) in [6, 6.07) is 0. The van der Waals surface area contributed by atoms with Gasteiger partial charge in [-0.15, -0.1) is 0 Å². The number of nitrogens with zero attached hydrogens (tertiary/aromatic N) is 1. The fraction of sp³-hybridized carbons (Fsp3) is 0.929. The van der Waals surface area contributed by atoms with Gasteiger partial charge in [-0.05, 0) is 19.3 Å². The lowest BCUT2D eigenvalue weighted by Crippen LogP contribution is -2.35. The van der Waals surface area contributed by atoms with Crippen molar-refractivity contribution < 1.29 is 9.47 Å². The van der Waals surface area contributed by atoms with Gasteiger partial charge in [0.1, 0.15) is 6.10 Å². The van der Waals surface area contributed by atoms with Crippen LogP contribution in [0.25, 0.3) is 0 Å². The molecule has 2 aliphatic rings. The van der Waals surface area contributed by atoms with Gasteiger partial charge < -0.3 is 20.5 Å². The van der Waals surface area contributed by atoms with Crippen molar-refractivity contribution in [3.63, 3.8) is 0 Å². The van der Waals surface area contributed by atoms with E-state index in [0.29, 0.717) is 19.1 Å². The molecular formula is C14H27N3O2. The number of ether oxygens (including phenoxy) is 2. The average molecular weight is 269 g/mol. The molecule has 110 valence electrons. The Kier molecular flexibility index (Phi) is 5.45. The highest BCUT2D eigenvalue weighted by molar-refractivity contribution is 5.77. The molecule has 1 saturated heterocycles. The lowest BCUT2D eigenvalue weighted by atomic mass is 9.94. The Morgan fingerprint density at radius 2 is 2.16 bits per heavy atom. The summed E-state index contributed by atoms with van der Waals surface area (Å²) in [4.78, 5) is 4.33. The van der Waals surface area contributed by atoms with Crippen molar-refractivity contribution in [2.24, 2.45) is 10.7 Å². The number of unbranched alkanes of at least 4 members (excludes halogenated alkanes) is 1. The van der Waals surface area contributed by atoms with Crippen LogP contribution in [0.1, 0.15) is 51.9 Å². The molecule has 0 radical (unpaired) electrons. The number of aliphatic imine (C=N–C) groups is 1. The lowest BCUT2D eigenvalue weighted by Gasteiger charge is -2.31. The second-order valence-electron chi connectivity index (χ2n) is 5.53. The first-order chi connectivity index (χ1) is 9.24. The van der Waals surface area contributed by atoms with Crippen LogP contribution < -0.4 is 11.1 Å². The maximum Gasteiger partial charge on any atom is 0.188 e. The van der Waals surface area contributed by atoms with Gasteiger partial charge in [0.15, 0.2) is 11.7 Å². The molecule has 2 rings (SSSR count). The van der Waals surface area contributed by atoms with E-state index in [9.17, 15) is 0 Å². The summed E-state index contributed by atoms with van der Waals surface area (Å²) < 4.78 is 11.9. The molecule has 1 saturated carbocycles. The molecule has 2 fully saturated rings. The van der Waals surface area contributed by atoms with Gasteiger partial charge in [-0.3, -0.25) is 4.99 Å². The Bertz CT molecular complexity index is 301. The zero-order valence-corrected chi connectivity index (χ0v) is 12.0. The number of hydrogen-bond donors (Lipinski definition) is 2. The third kappa shape index (κ3) is 4.35.